The minimum atomic E-state index is -0.304. The lowest BCUT2D eigenvalue weighted by molar-refractivity contribution is -0.116. The van der Waals surface area contributed by atoms with Crippen LogP contribution >= 0.6 is 0 Å². The number of nitrogens with one attached hydrogen (secondary N) is 2. The fourth-order valence-electron chi connectivity index (χ4n) is 4.16. The summed E-state index contributed by atoms with van der Waals surface area (Å²) in [5.74, 6) is 1.36. The largest absolute Gasteiger partial charge is 0.493 e. The molecule has 0 aliphatic heterocycles. The van der Waals surface area contributed by atoms with E-state index < -0.39 is 0 Å². The first-order valence-corrected chi connectivity index (χ1v) is 11.2. The molecule has 2 amide bonds. The third-order valence-electron chi connectivity index (χ3n) is 6.01. The Morgan fingerprint density at radius 2 is 1.72 bits per heavy atom. The molecule has 0 saturated heterocycles. The molecule has 1 aliphatic rings. The van der Waals surface area contributed by atoms with Crippen molar-refractivity contribution in [3.63, 3.8) is 0 Å². The first kappa shape index (κ1) is 23.6. The summed E-state index contributed by atoms with van der Waals surface area (Å²) in [6, 6.07) is 10.3. The number of rotatable bonds is 9. The van der Waals surface area contributed by atoms with Gasteiger partial charge in [-0.2, -0.15) is 0 Å². The van der Waals surface area contributed by atoms with Crippen LogP contribution in [0.2, 0.25) is 0 Å². The maximum atomic E-state index is 12.8. The van der Waals surface area contributed by atoms with Crippen LogP contribution < -0.4 is 25.8 Å². The quantitative estimate of drug-likeness (QED) is 0.525. The number of benzene rings is 2. The van der Waals surface area contributed by atoms with E-state index in [0.29, 0.717) is 40.8 Å². The van der Waals surface area contributed by atoms with Crippen molar-refractivity contribution in [2.75, 3.05) is 24.9 Å². The van der Waals surface area contributed by atoms with Gasteiger partial charge in [0, 0.05) is 29.9 Å². The molecule has 7 nitrogen and oxygen atoms in total. The van der Waals surface area contributed by atoms with Gasteiger partial charge in [0.25, 0.3) is 5.91 Å². The number of hydrogen-bond donors (Lipinski definition) is 3. The average molecular weight is 440 g/mol. The van der Waals surface area contributed by atoms with Crippen LogP contribution in [0.15, 0.2) is 36.4 Å². The van der Waals surface area contributed by atoms with Gasteiger partial charge in [0.15, 0.2) is 11.5 Å². The van der Waals surface area contributed by atoms with Crippen LogP contribution in [-0.2, 0) is 11.3 Å². The van der Waals surface area contributed by atoms with E-state index in [-0.39, 0.29) is 18.4 Å². The average Bonchev–Trinajstić information content (AvgIpc) is 2.83. The number of anilines is 2. The number of methoxy groups -OCH3 is 2. The lowest BCUT2D eigenvalue weighted by Crippen LogP contribution is -2.17. The Balaban J connectivity index is 1.66. The molecular weight excluding hydrogens is 406 g/mol. The Bertz CT molecular complexity index is 939. The summed E-state index contributed by atoms with van der Waals surface area (Å²) in [5.41, 5.74) is 8.26. The SMILES string of the molecule is COc1ccc(C(=O)Nc2cc(NC(=O)CCC3CCCCC3)ccc2CN)cc1OC. The van der Waals surface area contributed by atoms with Gasteiger partial charge in [0.05, 0.1) is 14.2 Å². The van der Waals surface area contributed by atoms with Gasteiger partial charge in [0.1, 0.15) is 0 Å². The first-order valence-electron chi connectivity index (χ1n) is 11.2. The van der Waals surface area contributed by atoms with Crippen molar-refractivity contribution in [1.29, 1.82) is 0 Å². The number of carbonyl (C=O) groups is 2. The van der Waals surface area contributed by atoms with Gasteiger partial charge in [-0.3, -0.25) is 9.59 Å². The Morgan fingerprint density at radius 3 is 2.41 bits per heavy atom. The highest BCUT2D eigenvalue weighted by Crippen LogP contribution is 2.29. The molecule has 0 radical (unpaired) electrons. The highest BCUT2D eigenvalue weighted by molar-refractivity contribution is 6.05. The van der Waals surface area contributed by atoms with Crippen molar-refractivity contribution in [2.45, 2.75) is 51.5 Å². The predicted molar refractivity (Wildman–Crippen MR) is 126 cm³/mol. The highest BCUT2D eigenvalue weighted by Gasteiger charge is 2.16. The zero-order chi connectivity index (χ0) is 22.9. The normalized spacial score (nSPS) is 14.0. The predicted octanol–water partition coefficient (Wildman–Crippen LogP) is 4.71. The van der Waals surface area contributed by atoms with Crippen molar-refractivity contribution in [3.8, 4) is 11.5 Å². The second-order valence-corrected chi connectivity index (χ2v) is 8.19. The van der Waals surface area contributed by atoms with Gasteiger partial charge >= 0.3 is 0 Å². The second kappa shape index (κ2) is 11.5. The van der Waals surface area contributed by atoms with E-state index in [1.807, 2.05) is 12.1 Å². The Kier molecular flexibility index (Phi) is 8.50. The fraction of sp³-hybridized carbons (Fsp3) is 0.440. The van der Waals surface area contributed by atoms with Gasteiger partial charge in [0.2, 0.25) is 5.91 Å². The Morgan fingerprint density at radius 1 is 0.969 bits per heavy atom. The summed E-state index contributed by atoms with van der Waals surface area (Å²) in [6.07, 6.45) is 7.75. The molecule has 3 rings (SSSR count). The first-order chi connectivity index (χ1) is 15.5. The van der Waals surface area contributed by atoms with Crippen molar-refractivity contribution >= 4 is 23.2 Å². The van der Waals surface area contributed by atoms with Gasteiger partial charge in [-0.25, -0.2) is 0 Å². The number of nitrogens with two attached hydrogens (primary N) is 1. The minimum Gasteiger partial charge on any atom is -0.493 e. The molecule has 0 bridgehead atoms. The molecule has 32 heavy (non-hydrogen) atoms. The third-order valence-corrected chi connectivity index (χ3v) is 6.01. The molecule has 4 N–H and O–H groups in total. The Labute approximate surface area is 189 Å². The van der Waals surface area contributed by atoms with E-state index in [2.05, 4.69) is 10.6 Å². The van der Waals surface area contributed by atoms with Crippen molar-refractivity contribution in [2.24, 2.45) is 11.7 Å². The fourth-order valence-corrected chi connectivity index (χ4v) is 4.16. The maximum absolute atomic E-state index is 12.8. The molecule has 7 heteroatoms. The van der Waals surface area contributed by atoms with Crippen LogP contribution in [0.3, 0.4) is 0 Å². The van der Waals surface area contributed by atoms with Crippen molar-refractivity contribution in [1.82, 2.24) is 0 Å². The van der Waals surface area contributed by atoms with Gasteiger partial charge in [-0.05, 0) is 48.2 Å². The van der Waals surface area contributed by atoms with E-state index in [1.165, 1.54) is 39.2 Å². The van der Waals surface area contributed by atoms with E-state index in [4.69, 9.17) is 15.2 Å². The molecule has 0 atom stereocenters. The van der Waals surface area contributed by atoms with E-state index in [1.54, 1.807) is 31.4 Å². The molecule has 0 unspecified atom stereocenters. The maximum Gasteiger partial charge on any atom is 0.255 e. The zero-order valence-corrected chi connectivity index (χ0v) is 18.9. The summed E-state index contributed by atoms with van der Waals surface area (Å²) in [4.78, 5) is 25.3. The number of amides is 2. The summed E-state index contributed by atoms with van der Waals surface area (Å²) in [7, 11) is 3.06. The highest BCUT2D eigenvalue weighted by atomic mass is 16.5. The standard InChI is InChI=1S/C25H33N3O4/c1-31-22-12-10-18(14-23(22)32-2)25(30)28-21-15-20(11-9-19(21)16-26)27-24(29)13-8-17-6-4-3-5-7-17/h9-12,14-15,17H,3-8,13,16,26H2,1-2H3,(H,27,29)(H,28,30). The van der Waals surface area contributed by atoms with Crippen LogP contribution in [0, 0.1) is 5.92 Å². The molecule has 0 spiro atoms. The summed E-state index contributed by atoms with van der Waals surface area (Å²) < 4.78 is 10.5. The van der Waals surface area contributed by atoms with Crippen LogP contribution in [0.5, 0.6) is 11.5 Å². The molecule has 172 valence electrons. The van der Waals surface area contributed by atoms with E-state index >= 15 is 0 Å². The topological polar surface area (TPSA) is 103 Å². The number of ether oxygens (including phenoxy) is 2. The van der Waals surface area contributed by atoms with Gasteiger partial charge in [-0.15, -0.1) is 0 Å². The molecule has 0 heterocycles. The molecule has 0 aromatic heterocycles. The smallest absolute Gasteiger partial charge is 0.255 e. The van der Waals surface area contributed by atoms with Crippen LogP contribution in [-0.4, -0.2) is 26.0 Å². The summed E-state index contributed by atoms with van der Waals surface area (Å²) in [6.45, 7) is 0.261. The number of hydrogen-bond acceptors (Lipinski definition) is 5. The van der Waals surface area contributed by atoms with E-state index in [9.17, 15) is 9.59 Å². The molecule has 1 fully saturated rings. The van der Waals surface area contributed by atoms with Gasteiger partial charge in [-0.1, -0.05) is 38.2 Å². The second-order valence-electron chi connectivity index (χ2n) is 8.19. The van der Waals surface area contributed by atoms with Crippen molar-refractivity contribution in [3.05, 3.63) is 47.5 Å². The van der Waals surface area contributed by atoms with Crippen LogP contribution in [0.4, 0.5) is 11.4 Å². The zero-order valence-electron chi connectivity index (χ0n) is 18.9. The Hall–Kier alpha value is -3.06. The molecular formula is C25H33N3O4. The van der Waals surface area contributed by atoms with Crippen molar-refractivity contribution < 1.29 is 19.1 Å². The van der Waals surface area contributed by atoms with Crippen LogP contribution in [0.1, 0.15) is 60.9 Å². The van der Waals surface area contributed by atoms with E-state index in [0.717, 1.165) is 12.0 Å². The lowest BCUT2D eigenvalue weighted by atomic mass is 9.86. The summed E-state index contributed by atoms with van der Waals surface area (Å²) in [5, 5.41) is 5.85. The summed E-state index contributed by atoms with van der Waals surface area (Å²) >= 11 is 0. The molecule has 2 aromatic carbocycles. The third kappa shape index (κ3) is 6.23. The monoisotopic (exact) mass is 439 g/mol. The van der Waals surface area contributed by atoms with Gasteiger partial charge < -0.3 is 25.8 Å². The molecule has 1 saturated carbocycles. The molecule has 1 aliphatic carbocycles. The number of carbonyl (C=O) groups excluding carboxylic acids is 2. The lowest BCUT2D eigenvalue weighted by Gasteiger charge is -2.21. The molecule has 2 aromatic rings. The van der Waals surface area contributed by atoms with Crippen LogP contribution in [0.25, 0.3) is 0 Å². The minimum absolute atomic E-state index is 0.00626.